The van der Waals surface area contributed by atoms with Crippen LogP contribution in [0.4, 0.5) is 0 Å². The van der Waals surface area contributed by atoms with Crippen LogP contribution in [0.1, 0.15) is 49.4 Å². The predicted molar refractivity (Wildman–Crippen MR) is 86.8 cm³/mol. The Labute approximate surface area is 122 Å². The highest BCUT2D eigenvalue weighted by Gasteiger charge is 2.36. The van der Waals surface area contributed by atoms with Crippen molar-refractivity contribution in [1.29, 1.82) is 0 Å². The van der Waals surface area contributed by atoms with Gasteiger partial charge in [-0.15, -0.1) is 0 Å². The van der Waals surface area contributed by atoms with E-state index < -0.39 is 0 Å². The Kier molecular flexibility index (Phi) is 4.61. The molecule has 2 rings (SSSR count). The molecule has 1 unspecified atom stereocenters. The van der Waals surface area contributed by atoms with Crippen LogP contribution < -0.4 is 5.73 Å². The van der Waals surface area contributed by atoms with E-state index in [2.05, 4.69) is 75.4 Å². The van der Waals surface area contributed by atoms with Crippen molar-refractivity contribution >= 4 is 0 Å². The molecule has 1 nitrogen and oxygen atoms in total. The smallest absolute Gasteiger partial charge is 0.0395 e. The zero-order chi connectivity index (χ0) is 14.6. The third kappa shape index (κ3) is 2.51. The molecule has 106 valence electrons. The largest absolute Gasteiger partial charge is 0.323 e. The maximum atomic E-state index is 6.73. The highest BCUT2D eigenvalue weighted by atomic mass is 14.7. The number of hydrogen-bond acceptors (Lipinski definition) is 1. The van der Waals surface area contributed by atoms with Crippen LogP contribution in [-0.4, -0.2) is 0 Å². The molecule has 0 amide bonds. The molecule has 1 heteroatoms. The van der Waals surface area contributed by atoms with E-state index in [1.807, 2.05) is 0 Å². The van der Waals surface area contributed by atoms with Crippen LogP contribution in [0.3, 0.4) is 0 Å². The molecule has 2 aromatic carbocycles. The van der Waals surface area contributed by atoms with Crippen molar-refractivity contribution in [3.05, 3.63) is 71.3 Å². The first-order valence-corrected chi connectivity index (χ1v) is 7.52. The minimum absolute atomic E-state index is 0.00731. The summed E-state index contributed by atoms with van der Waals surface area (Å²) in [5.74, 6) is 0. The monoisotopic (exact) mass is 267 g/mol. The summed E-state index contributed by atoms with van der Waals surface area (Å²) >= 11 is 0. The lowest BCUT2D eigenvalue weighted by Gasteiger charge is -2.39. The fourth-order valence-corrected chi connectivity index (χ4v) is 3.28. The minimum atomic E-state index is 0.00731. The molecule has 0 aliphatic carbocycles. The van der Waals surface area contributed by atoms with Crippen LogP contribution >= 0.6 is 0 Å². The topological polar surface area (TPSA) is 26.0 Å². The first-order valence-electron chi connectivity index (χ1n) is 7.52. The van der Waals surface area contributed by atoms with Gasteiger partial charge in [0, 0.05) is 11.5 Å². The molecule has 20 heavy (non-hydrogen) atoms. The summed E-state index contributed by atoms with van der Waals surface area (Å²) in [4.78, 5) is 0. The summed E-state index contributed by atoms with van der Waals surface area (Å²) in [6.07, 6.45) is 2.09. The molecule has 2 N–H and O–H groups in total. The van der Waals surface area contributed by atoms with Crippen LogP contribution in [0.25, 0.3) is 0 Å². The zero-order valence-electron chi connectivity index (χ0n) is 12.8. The summed E-state index contributed by atoms with van der Waals surface area (Å²) in [5.41, 5.74) is 10.6. The van der Waals surface area contributed by atoms with Gasteiger partial charge in [0.25, 0.3) is 0 Å². The predicted octanol–water partition coefficient (Wildman–Crippen LogP) is 4.75. The number of rotatable bonds is 5. The van der Waals surface area contributed by atoms with Crippen LogP contribution in [0.5, 0.6) is 0 Å². The van der Waals surface area contributed by atoms with Gasteiger partial charge in [-0.3, -0.25) is 0 Å². The second-order valence-corrected chi connectivity index (χ2v) is 5.56. The average Bonchev–Trinajstić information content (AvgIpc) is 2.50. The number of nitrogens with two attached hydrogens (primary N) is 1. The Hall–Kier alpha value is -1.60. The first kappa shape index (κ1) is 14.8. The van der Waals surface area contributed by atoms with Gasteiger partial charge in [0.1, 0.15) is 0 Å². The molecule has 0 saturated carbocycles. The Morgan fingerprint density at radius 1 is 0.900 bits per heavy atom. The second-order valence-electron chi connectivity index (χ2n) is 5.56. The molecule has 1 atom stereocenters. The summed E-state index contributed by atoms with van der Waals surface area (Å²) in [6.45, 7) is 6.64. The van der Waals surface area contributed by atoms with Crippen molar-refractivity contribution in [2.24, 2.45) is 5.73 Å². The quantitative estimate of drug-likeness (QED) is 0.831. The van der Waals surface area contributed by atoms with Crippen LogP contribution in [-0.2, 0) is 5.41 Å². The number of aryl methyl sites for hydroxylation is 1. The Balaban J connectivity index is 2.51. The van der Waals surface area contributed by atoms with Gasteiger partial charge in [-0.2, -0.15) is 0 Å². The first-order chi connectivity index (χ1) is 9.65. The third-order valence-corrected chi connectivity index (χ3v) is 4.73. The van der Waals surface area contributed by atoms with Gasteiger partial charge >= 0.3 is 0 Å². The average molecular weight is 267 g/mol. The van der Waals surface area contributed by atoms with Gasteiger partial charge in [0.05, 0.1) is 0 Å². The molecule has 0 saturated heterocycles. The summed E-state index contributed by atoms with van der Waals surface area (Å²) < 4.78 is 0. The molecule has 2 aromatic rings. The molecular formula is C19H25N. The molecule has 0 spiro atoms. The summed E-state index contributed by atoms with van der Waals surface area (Å²) in [7, 11) is 0. The fourth-order valence-electron chi connectivity index (χ4n) is 3.28. The maximum Gasteiger partial charge on any atom is 0.0395 e. The van der Waals surface area contributed by atoms with Crippen LogP contribution in [0.15, 0.2) is 54.6 Å². The van der Waals surface area contributed by atoms with E-state index in [1.54, 1.807) is 0 Å². The van der Waals surface area contributed by atoms with Crippen molar-refractivity contribution in [2.45, 2.75) is 45.1 Å². The van der Waals surface area contributed by atoms with E-state index in [1.165, 1.54) is 16.7 Å². The lowest BCUT2D eigenvalue weighted by molar-refractivity contribution is 0.321. The molecular weight excluding hydrogens is 242 g/mol. The summed E-state index contributed by atoms with van der Waals surface area (Å²) in [5, 5.41) is 0. The lowest BCUT2D eigenvalue weighted by Crippen LogP contribution is -2.38. The molecule has 0 aliphatic rings. The van der Waals surface area contributed by atoms with E-state index in [0.717, 1.165) is 12.8 Å². The van der Waals surface area contributed by atoms with Crippen molar-refractivity contribution < 1.29 is 0 Å². The van der Waals surface area contributed by atoms with Gasteiger partial charge in [-0.05, 0) is 36.5 Å². The normalized spacial score (nSPS) is 13.2. The second kappa shape index (κ2) is 6.23. The van der Waals surface area contributed by atoms with E-state index in [4.69, 9.17) is 5.73 Å². The van der Waals surface area contributed by atoms with Crippen LogP contribution in [0.2, 0.25) is 0 Å². The van der Waals surface area contributed by atoms with E-state index in [9.17, 15) is 0 Å². The number of benzene rings is 2. The van der Waals surface area contributed by atoms with E-state index in [-0.39, 0.29) is 11.5 Å². The molecule has 0 aliphatic heterocycles. The highest BCUT2D eigenvalue weighted by Crippen LogP contribution is 2.42. The Bertz CT molecular complexity index is 541. The fraction of sp³-hybridized carbons (Fsp3) is 0.368. The summed E-state index contributed by atoms with van der Waals surface area (Å²) in [6, 6.07) is 19.2. The minimum Gasteiger partial charge on any atom is -0.323 e. The van der Waals surface area contributed by atoms with Gasteiger partial charge in [0.2, 0.25) is 0 Å². The highest BCUT2D eigenvalue weighted by molar-refractivity contribution is 5.36. The Morgan fingerprint density at radius 3 is 2.00 bits per heavy atom. The van der Waals surface area contributed by atoms with Crippen molar-refractivity contribution in [3.63, 3.8) is 0 Å². The standard InChI is InChI=1S/C19H25N/c1-4-19(5-2,16-12-7-6-8-13-16)18(20)17-14-10-9-11-15(17)3/h6-14,18H,4-5,20H2,1-3H3. The zero-order valence-corrected chi connectivity index (χ0v) is 12.8. The number of hydrogen-bond donors (Lipinski definition) is 1. The molecule has 0 fully saturated rings. The molecule has 0 heterocycles. The van der Waals surface area contributed by atoms with Crippen LogP contribution in [0, 0.1) is 6.92 Å². The van der Waals surface area contributed by atoms with Crippen molar-refractivity contribution in [1.82, 2.24) is 0 Å². The van der Waals surface area contributed by atoms with Crippen molar-refractivity contribution in [3.8, 4) is 0 Å². The van der Waals surface area contributed by atoms with Gasteiger partial charge < -0.3 is 5.73 Å². The SMILES string of the molecule is CCC(CC)(c1ccccc1)C(N)c1ccccc1C. The maximum absolute atomic E-state index is 6.73. The van der Waals surface area contributed by atoms with Gasteiger partial charge in [-0.1, -0.05) is 68.4 Å². The molecule has 0 aromatic heterocycles. The van der Waals surface area contributed by atoms with E-state index in [0.29, 0.717) is 0 Å². The lowest BCUT2D eigenvalue weighted by atomic mass is 9.68. The van der Waals surface area contributed by atoms with Gasteiger partial charge in [-0.25, -0.2) is 0 Å². The third-order valence-electron chi connectivity index (χ3n) is 4.73. The van der Waals surface area contributed by atoms with Gasteiger partial charge in [0.15, 0.2) is 0 Å². The molecule has 0 radical (unpaired) electrons. The van der Waals surface area contributed by atoms with Crippen molar-refractivity contribution in [2.75, 3.05) is 0 Å². The van der Waals surface area contributed by atoms with E-state index >= 15 is 0 Å². The Morgan fingerprint density at radius 2 is 1.45 bits per heavy atom. The molecule has 0 bridgehead atoms.